The molecule has 0 saturated carbocycles. The van der Waals surface area contributed by atoms with Crippen molar-refractivity contribution in [1.29, 1.82) is 0 Å². The van der Waals surface area contributed by atoms with Crippen LogP contribution in [0.3, 0.4) is 0 Å². The minimum absolute atomic E-state index is 0.165. The zero-order valence-electron chi connectivity index (χ0n) is 13.9. The molecule has 0 radical (unpaired) electrons. The van der Waals surface area contributed by atoms with E-state index in [0.29, 0.717) is 18.2 Å². The highest BCUT2D eigenvalue weighted by atomic mass is 16.5. The van der Waals surface area contributed by atoms with Crippen molar-refractivity contribution in [3.05, 3.63) is 23.7 Å². The van der Waals surface area contributed by atoms with E-state index in [-0.39, 0.29) is 5.76 Å². The summed E-state index contributed by atoms with van der Waals surface area (Å²) in [6, 6.07) is 3.31. The zero-order chi connectivity index (χ0) is 16.7. The molecule has 0 bridgehead atoms. The molecule has 1 aromatic heterocycles. The smallest absolute Gasteiger partial charge is 0.284 e. The summed E-state index contributed by atoms with van der Waals surface area (Å²) in [7, 11) is 0. The minimum Gasteiger partial charge on any atom is -0.454 e. The van der Waals surface area contributed by atoms with Crippen LogP contribution in [0, 0.1) is 5.92 Å². The predicted molar refractivity (Wildman–Crippen MR) is 88.2 cm³/mol. The number of carbonyl (C=O) groups is 1. The van der Waals surface area contributed by atoms with Crippen molar-refractivity contribution in [2.45, 2.75) is 26.8 Å². The Balaban J connectivity index is 1.95. The first kappa shape index (κ1) is 17.3. The van der Waals surface area contributed by atoms with Crippen LogP contribution in [0.4, 0.5) is 0 Å². The largest absolute Gasteiger partial charge is 0.454 e. The number of hydrogen-bond donors (Lipinski definition) is 2. The highest BCUT2D eigenvalue weighted by Crippen LogP contribution is 2.17. The van der Waals surface area contributed by atoms with Gasteiger partial charge in [0.2, 0.25) is 0 Å². The number of amides is 1. The molecule has 0 aliphatic carbocycles. The molecule has 1 aromatic rings. The van der Waals surface area contributed by atoms with Gasteiger partial charge in [-0.2, -0.15) is 0 Å². The molecular formula is C16H26N4O3. The summed E-state index contributed by atoms with van der Waals surface area (Å²) >= 11 is 0. The molecule has 1 fully saturated rings. The van der Waals surface area contributed by atoms with E-state index in [0.717, 1.165) is 45.2 Å². The van der Waals surface area contributed by atoms with Crippen LogP contribution in [-0.4, -0.2) is 49.6 Å². The molecule has 2 rings (SSSR count). The normalized spacial score (nSPS) is 18.4. The lowest BCUT2D eigenvalue weighted by Gasteiger charge is -2.21. The number of nitrogens with zero attached hydrogens (tertiary/aromatic N) is 2. The second-order valence-corrected chi connectivity index (χ2v) is 5.56. The summed E-state index contributed by atoms with van der Waals surface area (Å²) in [4.78, 5) is 17.9. The Morgan fingerprint density at radius 3 is 3.00 bits per heavy atom. The Labute approximate surface area is 136 Å². The Kier molecular flexibility index (Phi) is 6.46. The number of nitrogens with two attached hydrogens (primary N) is 1. The molecule has 23 heavy (non-hydrogen) atoms. The Morgan fingerprint density at radius 1 is 1.52 bits per heavy atom. The van der Waals surface area contributed by atoms with Crippen LogP contribution in [0.15, 0.2) is 21.5 Å². The van der Waals surface area contributed by atoms with Gasteiger partial charge < -0.3 is 25.1 Å². The van der Waals surface area contributed by atoms with Crippen LogP contribution >= 0.6 is 0 Å². The maximum Gasteiger partial charge on any atom is 0.284 e. The van der Waals surface area contributed by atoms with Crippen molar-refractivity contribution in [2.75, 3.05) is 32.8 Å². The second kappa shape index (κ2) is 8.57. The first-order valence-electron chi connectivity index (χ1n) is 8.13. The molecule has 1 unspecified atom stereocenters. The zero-order valence-corrected chi connectivity index (χ0v) is 13.9. The molecule has 1 aliphatic heterocycles. The van der Waals surface area contributed by atoms with Crippen molar-refractivity contribution in [3.8, 4) is 0 Å². The third-order valence-electron chi connectivity index (χ3n) is 3.77. The van der Waals surface area contributed by atoms with Gasteiger partial charge in [0.05, 0.1) is 6.61 Å². The van der Waals surface area contributed by atoms with E-state index in [1.54, 1.807) is 12.1 Å². The first-order chi connectivity index (χ1) is 11.1. The molecule has 0 spiro atoms. The topological polar surface area (TPSA) is 93.1 Å². The summed E-state index contributed by atoms with van der Waals surface area (Å²) in [5.41, 5.74) is 5.18. The predicted octanol–water partition coefficient (Wildman–Crippen LogP) is 1.20. The molecule has 1 aliphatic rings. The van der Waals surface area contributed by atoms with Gasteiger partial charge in [-0.1, -0.05) is 0 Å². The monoisotopic (exact) mass is 322 g/mol. The van der Waals surface area contributed by atoms with Gasteiger partial charge in [0.1, 0.15) is 12.3 Å². The van der Waals surface area contributed by atoms with Gasteiger partial charge >= 0.3 is 0 Å². The molecule has 1 amide bonds. The molecular weight excluding hydrogens is 296 g/mol. The van der Waals surface area contributed by atoms with E-state index in [9.17, 15) is 4.79 Å². The van der Waals surface area contributed by atoms with E-state index < -0.39 is 5.91 Å². The molecule has 1 saturated heterocycles. The number of carbonyl (C=O) groups excluding carboxylic acids is 1. The first-order valence-corrected chi connectivity index (χ1v) is 8.13. The van der Waals surface area contributed by atoms with Crippen molar-refractivity contribution in [3.63, 3.8) is 0 Å². The average Bonchev–Trinajstić information content (AvgIpc) is 3.18. The van der Waals surface area contributed by atoms with E-state index in [1.165, 1.54) is 0 Å². The Hall–Kier alpha value is -2.02. The number of likely N-dealkylation sites (tertiary alicyclic amines) is 1. The molecule has 1 atom stereocenters. The summed E-state index contributed by atoms with van der Waals surface area (Å²) < 4.78 is 10.9. The van der Waals surface area contributed by atoms with Crippen LogP contribution in [0.2, 0.25) is 0 Å². The number of hydrogen-bond acceptors (Lipinski definition) is 4. The van der Waals surface area contributed by atoms with Gasteiger partial charge in [0.25, 0.3) is 5.91 Å². The average molecular weight is 322 g/mol. The fourth-order valence-electron chi connectivity index (χ4n) is 2.62. The number of guanidine groups is 1. The van der Waals surface area contributed by atoms with Crippen LogP contribution in [0.5, 0.6) is 0 Å². The standard InChI is InChI=1S/C16H26N4O3/c1-3-18-16(20-8-7-12(10-20)11-22-4-2)19-9-13-5-6-14(23-13)15(17)21/h5-6,12H,3-4,7-11H2,1-2H3,(H2,17,21)(H,18,19). The van der Waals surface area contributed by atoms with Gasteiger partial charge in [0, 0.05) is 32.2 Å². The maximum absolute atomic E-state index is 11.0. The van der Waals surface area contributed by atoms with Gasteiger partial charge in [-0.25, -0.2) is 4.99 Å². The van der Waals surface area contributed by atoms with E-state index in [4.69, 9.17) is 14.9 Å². The number of furan rings is 1. The van der Waals surface area contributed by atoms with Crippen LogP contribution in [-0.2, 0) is 11.3 Å². The molecule has 0 aromatic carbocycles. The Morgan fingerprint density at radius 2 is 2.35 bits per heavy atom. The summed E-state index contributed by atoms with van der Waals surface area (Å²) in [5, 5.41) is 3.30. The van der Waals surface area contributed by atoms with Gasteiger partial charge in [0.15, 0.2) is 11.7 Å². The van der Waals surface area contributed by atoms with Crippen molar-refractivity contribution in [1.82, 2.24) is 10.2 Å². The SMILES string of the molecule is CCNC(=NCc1ccc(C(N)=O)o1)N1CCC(COCC)C1. The third kappa shape index (κ3) is 4.99. The maximum atomic E-state index is 11.0. The molecule has 2 heterocycles. The number of primary amides is 1. The summed E-state index contributed by atoms with van der Waals surface area (Å²) in [5.74, 6) is 1.63. The third-order valence-corrected chi connectivity index (χ3v) is 3.77. The number of aliphatic imine (C=N–C) groups is 1. The lowest BCUT2D eigenvalue weighted by molar-refractivity contribution is 0.0972. The van der Waals surface area contributed by atoms with E-state index >= 15 is 0 Å². The molecule has 7 heteroatoms. The van der Waals surface area contributed by atoms with E-state index in [1.807, 2.05) is 13.8 Å². The highest BCUT2D eigenvalue weighted by Gasteiger charge is 2.24. The number of rotatable bonds is 7. The minimum atomic E-state index is -0.564. The number of nitrogens with one attached hydrogen (secondary N) is 1. The second-order valence-electron chi connectivity index (χ2n) is 5.56. The molecule has 7 nitrogen and oxygen atoms in total. The fraction of sp³-hybridized carbons (Fsp3) is 0.625. The van der Waals surface area contributed by atoms with Gasteiger partial charge in [-0.05, 0) is 32.4 Å². The summed E-state index contributed by atoms with van der Waals surface area (Å²) in [6.07, 6.45) is 1.11. The molecule has 128 valence electrons. The quantitative estimate of drug-likeness (QED) is 0.581. The van der Waals surface area contributed by atoms with Crippen molar-refractivity contribution >= 4 is 11.9 Å². The van der Waals surface area contributed by atoms with Crippen molar-refractivity contribution < 1.29 is 13.9 Å². The van der Waals surface area contributed by atoms with Crippen LogP contribution < -0.4 is 11.1 Å². The molecule has 3 N–H and O–H groups in total. The lowest BCUT2D eigenvalue weighted by atomic mass is 10.1. The van der Waals surface area contributed by atoms with E-state index in [2.05, 4.69) is 15.2 Å². The summed E-state index contributed by atoms with van der Waals surface area (Å²) in [6.45, 7) is 8.70. The number of ether oxygens (including phenoxy) is 1. The lowest BCUT2D eigenvalue weighted by Crippen LogP contribution is -2.40. The van der Waals surface area contributed by atoms with Gasteiger partial charge in [-0.15, -0.1) is 0 Å². The Bertz CT molecular complexity index is 541. The van der Waals surface area contributed by atoms with Crippen LogP contribution in [0.25, 0.3) is 0 Å². The van der Waals surface area contributed by atoms with Gasteiger partial charge in [-0.3, -0.25) is 4.79 Å². The highest BCUT2D eigenvalue weighted by molar-refractivity contribution is 5.89. The van der Waals surface area contributed by atoms with Crippen LogP contribution in [0.1, 0.15) is 36.6 Å². The van der Waals surface area contributed by atoms with Crippen molar-refractivity contribution in [2.24, 2.45) is 16.6 Å². The fourth-order valence-corrected chi connectivity index (χ4v) is 2.62.